The van der Waals surface area contributed by atoms with Crippen LogP contribution in [0.2, 0.25) is 0 Å². The molecule has 17 heavy (non-hydrogen) atoms. The third-order valence-electron chi connectivity index (χ3n) is 1.98. The summed E-state index contributed by atoms with van der Waals surface area (Å²) < 4.78 is 12.5. The summed E-state index contributed by atoms with van der Waals surface area (Å²) in [5, 5.41) is 19.7. The summed E-state index contributed by atoms with van der Waals surface area (Å²) in [6.45, 7) is 0.00365. The van der Waals surface area contributed by atoms with E-state index in [2.05, 4.69) is 10.3 Å². The van der Waals surface area contributed by atoms with Gasteiger partial charge in [-0.05, 0) is 12.1 Å². The van der Waals surface area contributed by atoms with Crippen LogP contribution in [0.5, 0.6) is 0 Å². The lowest BCUT2D eigenvalue weighted by molar-refractivity contribution is -0.146. The lowest BCUT2D eigenvalue weighted by Crippen LogP contribution is -2.30. The number of nitrogens with one attached hydrogen (secondary N) is 1. The van der Waals surface area contributed by atoms with Crippen LogP contribution in [-0.2, 0) is 4.79 Å². The number of rotatable bonds is 5. The van der Waals surface area contributed by atoms with Crippen molar-refractivity contribution in [3.63, 3.8) is 0 Å². The molecule has 3 N–H and O–H groups in total. The molecule has 0 aliphatic heterocycles. The van der Waals surface area contributed by atoms with Gasteiger partial charge in [0.15, 0.2) is 6.10 Å². The van der Waals surface area contributed by atoms with Gasteiger partial charge in [0, 0.05) is 19.2 Å². The van der Waals surface area contributed by atoms with Gasteiger partial charge in [0.1, 0.15) is 0 Å². The highest BCUT2D eigenvalue weighted by Gasteiger charge is 2.13. The van der Waals surface area contributed by atoms with Crippen LogP contribution >= 0.6 is 0 Å². The number of nitrogens with zero attached hydrogens (tertiary/aromatic N) is 1. The molecule has 1 amide bonds. The Bertz CT molecular complexity index is 407. The van der Waals surface area contributed by atoms with E-state index in [0.29, 0.717) is 0 Å². The van der Waals surface area contributed by atoms with E-state index in [1.54, 1.807) is 0 Å². The molecule has 0 unspecified atom stereocenters. The van der Waals surface area contributed by atoms with Crippen LogP contribution in [-0.4, -0.2) is 39.7 Å². The largest absolute Gasteiger partial charge is 0.479 e. The van der Waals surface area contributed by atoms with E-state index in [9.17, 15) is 14.0 Å². The van der Waals surface area contributed by atoms with Crippen molar-refractivity contribution in [3.05, 3.63) is 29.8 Å². The molecule has 0 aliphatic rings. The smallest absolute Gasteiger partial charge is 0.332 e. The topological polar surface area (TPSA) is 99.5 Å². The van der Waals surface area contributed by atoms with Crippen molar-refractivity contribution < 1.29 is 24.2 Å². The summed E-state index contributed by atoms with van der Waals surface area (Å²) in [7, 11) is 0. The van der Waals surface area contributed by atoms with Crippen molar-refractivity contribution >= 4 is 11.9 Å². The van der Waals surface area contributed by atoms with Crippen LogP contribution in [0.4, 0.5) is 4.39 Å². The normalized spacial score (nSPS) is 11.9. The van der Waals surface area contributed by atoms with Gasteiger partial charge in [-0.2, -0.15) is 4.39 Å². The second kappa shape index (κ2) is 5.90. The zero-order valence-corrected chi connectivity index (χ0v) is 8.76. The highest BCUT2D eigenvalue weighted by molar-refractivity contribution is 5.93. The number of carboxylic acids is 1. The zero-order chi connectivity index (χ0) is 12.8. The average molecular weight is 242 g/mol. The van der Waals surface area contributed by atoms with Gasteiger partial charge in [-0.1, -0.05) is 0 Å². The Morgan fingerprint density at radius 3 is 2.71 bits per heavy atom. The molecule has 1 aromatic rings. The molecule has 1 heterocycles. The van der Waals surface area contributed by atoms with Gasteiger partial charge in [0.25, 0.3) is 5.91 Å². The first kappa shape index (κ1) is 13.0. The first-order valence-corrected chi connectivity index (χ1v) is 4.81. The minimum atomic E-state index is -1.51. The maximum atomic E-state index is 12.5. The second-order valence-corrected chi connectivity index (χ2v) is 3.27. The molecule has 0 aliphatic carbocycles. The Morgan fingerprint density at radius 2 is 2.18 bits per heavy atom. The zero-order valence-electron chi connectivity index (χ0n) is 8.76. The van der Waals surface area contributed by atoms with Gasteiger partial charge in [0.2, 0.25) is 5.95 Å². The highest BCUT2D eigenvalue weighted by atomic mass is 19.1. The van der Waals surface area contributed by atoms with E-state index >= 15 is 0 Å². The van der Waals surface area contributed by atoms with E-state index < -0.39 is 23.9 Å². The fourth-order valence-electron chi connectivity index (χ4n) is 1.06. The molecule has 1 atom stereocenters. The summed E-state index contributed by atoms with van der Waals surface area (Å²) in [5.41, 5.74) is 0.163. The molecule has 1 aromatic heterocycles. The van der Waals surface area contributed by atoms with Crippen LogP contribution in [0, 0.1) is 5.95 Å². The molecular formula is C10H11FN2O4. The van der Waals surface area contributed by atoms with Crippen LogP contribution in [0.1, 0.15) is 16.8 Å². The first-order valence-electron chi connectivity index (χ1n) is 4.81. The molecule has 7 heteroatoms. The summed E-state index contributed by atoms with van der Waals surface area (Å²) in [5.74, 6) is -2.54. The molecule has 0 saturated heterocycles. The van der Waals surface area contributed by atoms with Crippen molar-refractivity contribution in [2.75, 3.05) is 6.54 Å². The van der Waals surface area contributed by atoms with E-state index in [4.69, 9.17) is 10.2 Å². The van der Waals surface area contributed by atoms with E-state index in [1.165, 1.54) is 6.07 Å². The van der Waals surface area contributed by atoms with Gasteiger partial charge < -0.3 is 15.5 Å². The number of carboxylic acid groups (broad SMARTS) is 1. The lowest BCUT2D eigenvalue weighted by Gasteiger charge is -2.07. The van der Waals surface area contributed by atoms with Crippen LogP contribution in [0.3, 0.4) is 0 Å². The lowest BCUT2D eigenvalue weighted by atomic mass is 10.2. The Kier molecular flexibility index (Phi) is 4.53. The molecule has 0 saturated carbocycles. The van der Waals surface area contributed by atoms with E-state index in [-0.39, 0.29) is 18.5 Å². The van der Waals surface area contributed by atoms with Crippen LogP contribution in [0.25, 0.3) is 0 Å². The number of aromatic nitrogens is 1. The molecule has 0 bridgehead atoms. The fraction of sp³-hybridized carbons (Fsp3) is 0.300. The fourth-order valence-corrected chi connectivity index (χ4v) is 1.06. The summed E-state index contributed by atoms with van der Waals surface area (Å²) in [6, 6.07) is 2.30. The van der Waals surface area contributed by atoms with Crippen molar-refractivity contribution in [2.24, 2.45) is 0 Å². The molecule has 0 radical (unpaired) electrons. The maximum Gasteiger partial charge on any atom is 0.332 e. The van der Waals surface area contributed by atoms with Gasteiger partial charge in [-0.15, -0.1) is 0 Å². The van der Waals surface area contributed by atoms with Crippen LogP contribution in [0.15, 0.2) is 18.3 Å². The Morgan fingerprint density at radius 1 is 1.47 bits per heavy atom. The second-order valence-electron chi connectivity index (χ2n) is 3.27. The highest BCUT2D eigenvalue weighted by Crippen LogP contribution is 1.99. The van der Waals surface area contributed by atoms with E-state index in [0.717, 1.165) is 12.3 Å². The Hall–Kier alpha value is -2.02. The standard InChI is InChI=1S/C10H11FN2O4/c11-8-2-1-6(5-13-8)9(15)12-4-3-7(14)10(16)17/h1-2,5,7,14H,3-4H2,(H,12,15)(H,16,17)/t7-/m0/s1. The summed E-state index contributed by atoms with van der Waals surface area (Å²) >= 11 is 0. The van der Waals surface area contributed by atoms with Gasteiger partial charge in [0.05, 0.1) is 5.56 Å². The molecule has 92 valence electrons. The third-order valence-corrected chi connectivity index (χ3v) is 1.98. The number of halogens is 1. The molecule has 0 fully saturated rings. The molecule has 1 rings (SSSR count). The maximum absolute atomic E-state index is 12.5. The van der Waals surface area contributed by atoms with Crippen molar-refractivity contribution in [2.45, 2.75) is 12.5 Å². The molecule has 6 nitrogen and oxygen atoms in total. The predicted molar refractivity (Wildman–Crippen MR) is 54.8 cm³/mol. The van der Waals surface area contributed by atoms with Crippen molar-refractivity contribution in [1.82, 2.24) is 10.3 Å². The van der Waals surface area contributed by atoms with Gasteiger partial charge in [-0.3, -0.25) is 4.79 Å². The number of hydrogen-bond acceptors (Lipinski definition) is 4. The quantitative estimate of drug-likeness (QED) is 0.620. The minimum Gasteiger partial charge on any atom is -0.479 e. The Labute approximate surface area is 96.1 Å². The SMILES string of the molecule is O=C(NCC[C@H](O)C(=O)O)c1ccc(F)nc1. The van der Waals surface area contributed by atoms with E-state index in [1.807, 2.05) is 0 Å². The molecular weight excluding hydrogens is 231 g/mol. The minimum absolute atomic E-state index is 0.00365. The number of hydrogen-bond donors (Lipinski definition) is 3. The van der Waals surface area contributed by atoms with Crippen molar-refractivity contribution in [1.29, 1.82) is 0 Å². The Balaban J connectivity index is 2.40. The number of pyridine rings is 1. The molecule has 0 aromatic carbocycles. The van der Waals surface area contributed by atoms with Gasteiger partial charge in [-0.25, -0.2) is 9.78 Å². The summed E-state index contributed by atoms with van der Waals surface area (Å²) in [4.78, 5) is 25.0. The van der Waals surface area contributed by atoms with Crippen LogP contribution < -0.4 is 5.32 Å². The predicted octanol–water partition coefficient (Wildman–Crippen LogP) is -0.214. The monoisotopic (exact) mass is 242 g/mol. The number of amides is 1. The number of aliphatic carboxylic acids is 1. The number of carbonyl (C=O) groups is 2. The average Bonchev–Trinajstić information content (AvgIpc) is 2.29. The number of aliphatic hydroxyl groups is 1. The van der Waals surface area contributed by atoms with Crippen molar-refractivity contribution in [3.8, 4) is 0 Å². The number of carbonyl (C=O) groups excluding carboxylic acids is 1. The summed E-state index contributed by atoms with van der Waals surface area (Å²) in [6.07, 6.45) is -0.546. The third kappa shape index (κ3) is 4.15. The first-order chi connectivity index (χ1) is 8.00. The molecule has 0 spiro atoms. The van der Waals surface area contributed by atoms with Gasteiger partial charge >= 0.3 is 5.97 Å². The number of aliphatic hydroxyl groups excluding tert-OH is 1.